The van der Waals surface area contributed by atoms with Crippen LogP contribution in [0.5, 0.6) is 0 Å². The summed E-state index contributed by atoms with van der Waals surface area (Å²) >= 11 is 5.92. The van der Waals surface area contributed by atoms with E-state index in [1.165, 1.54) is 12.7 Å². The van der Waals surface area contributed by atoms with Crippen LogP contribution in [0.15, 0.2) is 12.5 Å². The molecule has 1 heterocycles. The first-order chi connectivity index (χ1) is 6.77. The lowest BCUT2D eigenvalue weighted by atomic mass is 10.2. The Hall–Kier alpha value is -0.870. The Morgan fingerprint density at radius 1 is 1.50 bits per heavy atom. The van der Waals surface area contributed by atoms with E-state index >= 15 is 0 Å². The van der Waals surface area contributed by atoms with Crippen molar-refractivity contribution in [3.63, 3.8) is 0 Å². The molecule has 1 saturated carbocycles. The van der Waals surface area contributed by atoms with Crippen LogP contribution in [0, 0.1) is 0 Å². The lowest BCUT2D eigenvalue weighted by Crippen LogP contribution is -2.35. The highest BCUT2D eigenvalue weighted by Gasteiger charge is 2.24. The summed E-state index contributed by atoms with van der Waals surface area (Å²) < 4.78 is 0. The summed E-state index contributed by atoms with van der Waals surface area (Å²) in [6.07, 6.45) is 6.38. The minimum absolute atomic E-state index is 0.209. The van der Waals surface area contributed by atoms with Crippen LogP contribution < -0.4 is 11.1 Å². The first kappa shape index (κ1) is 9.68. The summed E-state index contributed by atoms with van der Waals surface area (Å²) in [5.41, 5.74) is 5.93. The first-order valence-electron chi connectivity index (χ1n) is 4.75. The molecule has 0 aliphatic heterocycles. The molecular formula is C9H13ClN4. The number of nitrogens with zero attached hydrogens (tertiary/aromatic N) is 2. The molecular weight excluding hydrogens is 200 g/mol. The molecule has 5 heteroatoms. The highest BCUT2D eigenvalue weighted by Crippen LogP contribution is 2.24. The van der Waals surface area contributed by atoms with Gasteiger partial charge in [-0.2, -0.15) is 0 Å². The number of rotatable bonds is 2. The van der Waals surface area contributed by atoms with Crippen LogP contribution in [0.1, 0.15) is 19.3 Å². The predicted octanol–water partition coefficient (Wildman–Crippen LogP) is 1.42. The molecule has 4 nitrogen and oxygen atoms in total. The Balaban J connectivity index is 2.07. The van der Waals surface area contributed by atoms with Crippen LogP contribution in [0.25, 0.3) is 0 Å². The van der Waals surface area contributed by atoms with E-state index in [-0.39, 0.29) is 6.04 Å². The fraction of sp³-hybridized carbons (Fsp3) is 0.556. The fourth-order valence-electron chi connectivity index (χ4n) is 1.76. The molecule has 1 aliphatic carbocycles. The minimum Gasteiger partial charge on any atom is -0.364 e. The minimum atomic E-state index is 0.209. The number of hydrogen-bond acceptors (Lipinski definition) is 4. The van der Waals surface area contributed by atoms with E-state index in [1.54, 1.807) is 6.20 Å². The number of anilines is 1. The SMILES string of the molecule is NC1CCCC1Nc1ncncc1Cl. The molecule has 0 saturated heterocycles. The number of nitrogens with one attached hydrogen (secondary N) is 1. The molecule has 0 bridgehead atoms. The zero-order valence-electron chi connectivity index (χ0n) is 7.78. The van der Waals surface area contributed by atoms with Gasteiger partial charge in [-0.05, 0) is 19.3 Å². The highest BCUT2D eigenvalue weighted by molar-refractivity contribution is 6.32. The second kappa shape index (κ2) is 4.11. The van der Waals surface area contributed by atoms with E-state index in [1.807, 2.05) is 0 Å². The molecule has 2 atom stereocenters. The number of halogens is 1. The summed E-state index contributed by atoms with van der Waals surface area (Å²) in [5, 5.41) is 3.80. The Labute approximate surface area is 87.9 Å². The molecule has 0 amide bonds. The van der Waals surface area contributed by atoms with Gasteiger partial charge in [-0.1, -0.05) is 11.6 Å². The Morgan fingerprint density at radius 2 is 2.36 bits per heavy atom. The van der Waals surface area contributed by atoms with E-state index in [4.69, 9.17) is 17.3 Å². The standard InChI is InChI=1S/C9H13ClN4/c10-6-4-12-5-13-9(6)14-8-3-1-2-7(8)11/h4-5,7-8H,1-3,11H2,(H,12,13,14). The van der Waals surface area contributed by atoms with Crippen molar-refractivity contribution in [3.8, 4) is 0 Å². The van der Waals surface area contributed by atoms with Gasteiger partial charge in [-0.15, -0.1) is 0 Å². The molecule has 0 spiro atoms. The summed E-state index contributed by atoms with van der Waals surface area (Å²) in [4.78, 5) is 7.89. The quantitative estimate of drug-likeness (QED) is 0.779. The molecule has 3 N–H and O–H groups in total. The lowest BCUT2D eigenvalue weighted by molar-refractivity contribution is 0.635. The Kier molecular flexibility index (Phi) is 2.84. The molecule has 14 heavy (non-hydrogen) atoms. The monoisotopic (exact) mass is 212 g/mol. The molecule has 2 unspecified atom stereocenters. The van der Waals surface area contributed by atoms with E-state index in [2.05, 4.69) is 15.3 Å². The molecule has 2 rings (SSSR count). The maximum Gasteiger partial charge on any atom is 0.148 e. The third kappa shape index (κ3) is 1.96. The number of nitrogens with two attached hydrogens (primary N) is 1. The van der Waals surface area contributed by atoms with Gasteiger partial charge in [-0.3, -0.25) is 0 Å². The van der Waals surface area contributed by atoms with Crippen LogP contribution in [0.3, 0.4) is 0 Å². The predicted molar refractivity (Wildman–Crippen MR) is 56.3 cm³/mol. The number of hydrogen-bond donors (Lipinski definition) is 2. The average molecular weight is 213 g/mol. The first-order valence-corrected chi connectivity index (χ1v) is 5.13. The number of aromatic nitrogens is 2. The summed E-state index contributed by atoms with van der Waals surface area (Å²) in [7, 11) is 0. The highest BCUT2D eigenvalue weighted by atomic mass is 35.5. The largest absolute Gasteiger partial charge is 0.364 e. The van der Waals surface area contributed by atoms with Gasteiger partial charge in [0.1, 0.15) is 17.2 Å². The zero-order chi connectivity index (χ0) is 9.97. The van der Waals surface area contributed by atoms with E-state index < -0.39 is 0 Å². The maximum atomic E-state index is 5.93. The molecule has 1 aromatic rings. The van der Waals surface area contributed by atoms with E-state index in [9.17, 15) is 0 Å². The summed E-state index contributed by atoms with van der Waals surface area (Å²) in [6.45, 7) is 0. The fourth-order valence-corrected chi connectivity index (χ4v) is 1.92. The van der Waals surface area contributed by atoms with Gasteiger partial charge >= 0.3 is 0 Å². The van der Waals surface area contributed by atoms with Gasteiger partial charge in [0.25, 0.3) is 0 Å². The lowest BCUT2D eigenvalue weighted by Gasteiger charge is -2.18. The van der Waals surface area contributed by atoms with Gasteiger partial charge in [-0.25, -0.2) is 9.97 Å². The van der Waals surface area contributed by atoms with Crippen molar-refractivity contribution in [2.75, 3.05) is 5.32 Å². The van der Waals surface area contributed by atoms with Gasteiger partial charge in [0.15, 0.2) is 0 Å². The van der Waals surface area contributed by atoms with Crippen LogP contribution in [-0.2, 0) is 0 Å². The molecule has 0 radical (unpaired) electrons. The van der Waals surface area contributed by atoms with Gasteiger partial charge in [0, 0.05) is 12.1 Å². The second-order valence-corrected chi connectivity index (χ2v) is 3.97. The second-order valence-electron chi connectivity index (χ2n) is 3.56. The van der Waals surface area contributed by atoms with Crippen LogP contribution in [-0.4, -0.2) is 22.1 Å². The van der Waals surface area contributed by atoms with Crippen LogP contribution in [0.4, 0.5) is 5.82 Å². The van der Waals surface area contributed by atoms with E-state index in [0.717, 1.165) is 12.8 Å². The Morgan fingerprint density at radius 3 is 3.00 bits per heavy atom. The summed E-state index contributed by atoms with van der Waals surface area (Å²) in [5.74, 6) is 0.684. The van der Waals surface area contributed by atoms with Crippen molar-refractivity contribution in [1.29, 1.82) is 0 Å². The van der Waals surface area contributed by atoms with Crippen molar-refractivity contribution < 1.29 is 0 Å². The maximum absolute atomic E-state index is 5.93. The smallest absolute Gasteiger partial charge is 0.148 e. The van der Waals surface area contributed by atoms with Gasteiger partial charge in [0.05, 0.1) is 6.20 Å². The molecule has 1 aliphatic rings. The molecule has 1 aromatic heterocycles. The third-order valence-corrected chi connectivity index (χ3v) is 2.84. The van der Waals surface area contributed by atoms with Crippen molar-refractivity contribution >= 4 is 17.4 Å². The van der Waals surface area contributed by atoms with Crippen molar-refractivity contribution in [2.45, 2.75) is 31.3 Å². The Bertz CT molecular complexity index is 317. The topological polar surface area (TPSA) is 63.8 Å². The summed E-state index contributed by atoms with van der Waals surface area (Å²) in [6, 6.07) is 0.503. The van der Waals surface area contributed by atoms with Crippen molar-refractivity contribution in [3.05, 3.63) is 17.5 Å². The van der Waals surface area contributed by atoms with Gasteiger partial charge < -0.3 is 11.1 Å². The van der Waals surface area contributed by atoms with Gasteiger partial charge in [0.2, 0.25) is 0 Å². The van der Waals surface area contributed by atoms with Crippen LogP contribution >= 0.6 is 11.6 Å². The van der Waals surface area contributed by atoms with E-state index in [0.29, 0.717) is 16.9 Å². The van der Waals surface area contributed by atoms with Crippen molar-refractivity contribution in [2.24, 2.45) is 5.73 Å². The average Bonchev–Trinajstić information content (AvgIpc) is 2.56. The molecule has 0 aromatic carbocycles. The normalized spacial score (nSPS) is 26.4. The zero-order valence-corrected chi connectivity index (χ0v) is 8.54. The molecule has 76 valence electrons. The van der Waals surface area contributed by atoms with Crippen LogP contribution in [0.2, 0.25) is 5.02 Å². The third-order valence-electron chi connectivity index (χ3n) is 2.56. The van der Waals surface area contributed by atoms with Crippen molar-refractivity contribution in [1.82, 2.24) is 9.97 Å². The molecule has 1 fully saturated rings.